The van der Waals surface area contributed by atoms with Crippen molar-refractivity contribution in [2.75, 3.05) is 0 Å². The summed E-state index contributed by atoms with van der Waals surface area (Å²) in [6, 6.07) is 15.5. The third-order valence-corrected chi connectivity index (χ3v) is 4.55. The molecule has 0 saturated heterocycles. The van der Waals surface area contributed by atoms with Gasteiger partial charge in [-0.05, 0) is 37.6 Å². The Labute approximate surface area is 144 Å². The lowest BCUT2D eigenvalue weighted by Crippen LogP contribution is -2.08. The van der Waals surface area contributed by atoms with Gasteiger partial charge in [-0.1, -0.05) is 30.3 Å². The van der Waals surface area contributed by atoms with Gasteiger partial charge in [-0.3, -0.25) is 0 Å². The summed E-state index contributed by atoms with van der Waals surface area (Å²) in [5.41, 5.74) is 1.08. The van der Waals surface area contributed by atoms with Gasteiger partial charge in [0.15, 0.2) is 10.6 Å². The summed E-state index contributed by atoms with van der Waals surface area (Å²) >= 11 is 1.22. The molecule has 0 aliphatic heterocycles. The van der Waals surface area contributed by atoms with E-state index in [9.17, 15) is 9.90 Å². The molecule has 3 aromatic rings. The van der Waals surface area contributed by atoms with Crippen molar-refractivity contribution in [3.8, 4) is 11.5 Å². The average Bonchev–Trinajstić information content (AvgIpc) is 2.91. The van der Waals surface area contributed by atoms with E-state index in [0.29, 0.717) is 18.1 Å². The summed E-state index contributed by atoms with van der Waals surface area (Å²) in [6.45, 7) is 4.22. The van der Waals surface area contributed by atoms with Gasteiger partial charge >= 0.3 is 5.97 Å². The van der Waals surface area contributed by atoms with Crippen LogP contribution in [0.4, 0.5) is 0 Å². The molecule has 2 aromatic carbocycles. The predicted octanol–water partition coefficient (Wildman–Crippen LogP) is 4.97. The van der Waals surface area contributed by atoms with Crippen molar-refractivity contribution >= 4 is 27.4 Å². The zero-order chi connectivity index (χ0) is 17.1. The molecule has 124 valence electrons. The van der Waals surface area contributed by atoms with Crippen LogP contribution in [-0.4, -0.2) is 17.2 Å². The number of benzene rings is 2. The second kappa shape index (κ2) is 6.93. The fourth-order valence-electron chi connectivity index (χ4n) is 2.38. The minimum absolute atomic E-state index is 0.102. The molecule has 0 aliphatic rings. The summed E-state index contributed by atoms with van der Waals surface area (Å²) in [5.74, 6) is 0.135. The SMILES string of the molecule is CC(C)Oc1c(C(=O)O)sc2ccc(OCc3ccccc3)cc12. The lowest BCUT2D eigenvalue weighted by Gasteiger charge is -2.11. The normalized spacial score (nSPS) is 11.0. The first-order chi connectivity index (χ1) is 11.5. The van der Waals surface area contributed by atoms with Crippen molar-refractivity contribution in [3.05, 3.63) is 59.0 Å². The van der Waals surface area contributed by atoms with Crippen LogP contribution in [0.25, 0.3) is 10.1 Å². The molecule has 1 N–H and O–H groups in total. The van der Waals surface area contributed by atoms with Gasteiger partial charge in [-0.2, -0.15) is 0 Å². The number of ether oxygens (including phenoxy) is 2. The topological polar surface area (TPSA) is 55.8 Å². The molecular formula is C19H18O4S. The number of fused-ring (bicyclic) bond motifs is 1. The summed E-state index contributed by atoms with van der Waals surface area (Å²) < 4.78 is 12.5. The number of aromatic carboxylic acids is 1. The zero-order valence-corrected chi connectivity index (χ0v) is 14.3. The van der Waals surface area contributed by atoms with E-state index in [1.165, 1.54) is 11.3 Å². The third kappa shape index (κ3) is 3.51. The Morgan fingerprint density at radius 1 is 1.17 bits per heavy atom. The molecule has 1 heterocycles. The highest BCUT2D eigenvalue weighted by Crippen LogP contribution is 2.40. The molecule has 4 nitrogen and oxygen atoms in total. The van der Waals surface area contributed by atoms with Gasteiger partial charge in [-0.25, -0.2) is 4.79 Å². The Morgan fingerprint density at radius 2 is 1.92 bits per heavy atom. The lowest BCUT2D eigenvalue weighted by molar-refractivity contribution is 0.0697. The molecule has 0 radical (unpaired) electrons. The van der Waals surface area contributed by atoms with Gasteiger partial charge in [0.2, 0.25) is 0 Å². The van der Waals surface area contributed by atoms with Crippen molar-refractivity contribution in [2.24, 2.45) is 0 Å². The third-order valence-electron chi connectivity index (χ3n) is 3.41. The van der Waals surface area contributed by atoms with Gasteiger partial charge in [0.1, 0.15) is 12.4 Å². The van der Waals surface area contributed by atoms with Crippen LogP contribution in [0.15, 0.2) is 48.5 Å². The first-order valence-corrected chi connectivity index (χ1v) is 8.49. The van der Waals surface area contributed by atoms with E-state index in [2.05, 4.69) is 0 Å². The Bertz CT molecular complexity index is 852. The highest BCUT2D eigenvalue weighted by Gasteiger charge is 2.20. The van der Waals surface area contributed by atoms with Crippen molar-refractivity contribution in [3.63, 3.8) is 0 Å². The van der Waals surface area contributed by atoms with E-state index in [0.717, 1.165) is 15.6 Å². The first kappa shape index (κ1) is 16.3. The van der Waals surface area contributed by atoms with Crippen molar-refractivity contribution in [1.82, 2.24) is 0 Å². The number of hydrogen-bond donors (Lipinski definition) is 1. The largest absolute Gasteiger partial charge is 0.489 e. The van der Waals surface area contributed by atoms with Gasteiger partial charge in [0.25, 0.3) is 0 Å². The molecule has 0 unspecified atom stereocenters. The number of carbonyl (C=O) groups is 1. The Morgan fingerprint density at radius 3 is 2.58 bits per heavy atom. The monoisotopic (exact) mass is 342 g/mol. The van der Waals surface area contributed by atoms with Gasteiger partial charge in [0.05, 0.1) is 6.10 Å². The highest BCUT2D eigenvalue weighted by molar-refractivity contribution is 7.21. The maximum Gasteiger partial charge on any atom is 0.349 e. The Hall–Kier alpha value is -2.53. The molecule has 0 spiro atoms. The molecule has 0 atom stereocenters. The molecule has 24 heavy (non-hydrogen) atoms. The molecule has 0 saturated carbocycles. The van der Waals surface area contributed by atoms with Crippen LogP contribution in [-0.2, 0) is 6.61 Å². The average molecular weight is 342 g/mol. The standard InChI is InChI=1S/C19H18O4S/c1-12(2)23-17-15-10-14(22-11-13-6-4-3-5-7-13)8-9-16(15)24-18(17)19(20)21/h3-10,12H,11H2,1-2H3,(H,20,21). The van der Waals surface area contributed by atoms with E-state index in [1.807, 2.05) is 62.4 Å². The molecule has 0 amide bonds. The summed E-state index contributed by atoms with van der Waals surface area (Å²) in [7, 11) is 0. The minimum atomic E-state index is -0.974. The fourth-order valence-corrected chi connectivity index (χ4v) is 3.33. The summed E-state index contributed by atoms with van der Waals surface area (Å²) in [5, 5.41) is 10.2. The van der Waals surface area contributed by atoms with Crippen LogP contribution < -0.4 is 9.47 Å². The maximum atomic E-state index is 11.5. The number of carboxylic acids is 1. The predicted molar refractivity (Wildman–Crippen MR) is 95.3 cm³/mol. The number of carboxylic acid groups (broad SMARTS) is 1. The molecule has 0 bridgehead atoms. The van der Waals surface area contributed by atoms with Crippen molar-refractivity contribution < 1.29 is 19.4 Å². The second-order valence-corrected chi connectivity index (χ2v) is 6.72. The molecular weight excluding hydrogens is 324 g/mol. The lowest BCUT2D eigenvalue weighted by atomic mass is 10.2. The van der Waals surface area contributed by atoms with E-state index in [4.69, 9.17) is 9.47 Å². The number of thiophene rings is 1. The van der Waals surface area contributed by atoms with Crippen molar-refractivity contribution in [1.29, 1.82) is 0 Å². The second-order valence-electron chi connectivity index (χ2n) is 5.66. The molecule has 3 rings (SSSR count). The summed E-state index contributed by atoms with van der Waals surface area (Å²) in [4.78, 5) is 11.7. The Kier molecular flexibility index (Phi) is 4.71. The van der Waals surface area contributed by atoms with Crippen LogP contribution in [0.1, 0.15) is 29.1 Å². The maximum absolute atomic E-state index is 11.5. The van der Waals surface area contributed by atoms with Gasteiger partial charge in [-0.15, -0.1) is 11.3 Å². The van der Waals surface area contributed by atoms with Crippen LogP contribution in [0.3, 0.4) is 0 Å². The van der Waals surface area contributed by atoms with Crippen LogP contribution in [0.2, 0.25) is 0 Å². The van der Waals surface area contributed by atoms with Crippen LogP contribution >= 0.6 is 11.3 Å². The number of hydrogen-bond acceptors (Lipinski definition) is 4. The molecule has 0 fully saturated rings. The van der Waals surface area contributed by atoms with Crippen molar-refractivity contribution in [2.45, 2.75) is 26.6 Å². The minimum Gasteiger partial charge on any atom is -0.489 e. The van der Waals surface area contributed by atoms with Gasteiger partial charge in [0, 0.05) is 10.1 Å². The Balaban J connectivity index is 1.92. The van der Waals surface area contributed by atoms with E-state index < -0.39 is 5.97 Å². The smallest absolute Gasteiger partial charge is 0.349 e. The molecule has 5 heteroatoms. The molecule has 0 aliphatic carbocycles. The highest BCUT2D eigenvalue weighted by atomic mass is 32.1. The van der Waals surface area contributed by atoms with Crippen LogP contribution in [0.5, 0.6) is 11.5 Å². The van der Waals surface area contributed by atoms with E-state index in [1.54, 1.807) is 0 Å². The zero-order valence-electron chi connectivity index (χ0n) is 13.5. The fraction of sp³-hybridized carbons (Fsp3) is 0.211. The molecule has 1 aromatic heterocycles. The van der Waals surface area contributed by atoms with Gasteiger partial charge < -0.3 is 14.6 Å². The van der Waals surface area contributed by atoms with E-state index >= 15 is 0 Å². The quantitative estimate of drug-likeness (QED) is 0.687. The summed E-state index contributed by atoms with van der Waals surface area (Å²) in [6.07, 6.45) is -0.102. The van der Waals surface area contributed by atoms with E-state index in [-0.39, 0.29) is 11.0 Å². The first-order valence-electron chi connectivity index (χ1n) is 7.68. The number of rotatable bonds is 6. The van der Waals surface area contributed by atoms with Crippen LogP contribution in [0, 0.1) is 0 Å².